The third-order valence-corrected chi connectivity index (χ3v) is 5.48. The number of aliphatic imine (C=N–C) groups is 1. The smallest absolute Gasteiger partial charge is 0.191 e. The van der Waals surface area contributed by atoms with E-state index in [1.807, 2.05) is 12.1 Å². The largest absolute Gasteiger partial charge is 0.496 e. The number of hydrogen-bond donors (Lipinski definition) is 2. The van der Waals surface area contributed by atoms with E-state index < -0.39 is 0 Å². The molecule has 0 saturated heterocycles. The number of nitrogens with zero attached hydrogens (tertiary/aromatic N) is 1. The molecule has 6 nitrogen and oxygen atoms in total. The molecule has 1 unspecified atom stereocenters. The number of thiophene rings is 1. The summed E-state index contributed by atoms with van der Waals surface area (Å²) in [6.07, 6.45) is 0.737. The molecule has 0 aliphatic carbocycles. The lowest BCUT2D eigenvalue weighted by Gasteiger charge is -2.17. The number of benzene rings is 1. The summed E-state index contributed by atoms with van der Waals surface area (Å²) in [7, 11) is 4.94. The van der Waals surface area contributed by atoms with Crippen molar-refractivity contribution in [2.24, 2.45) is 4.99 Å². The number of nitrogens with one attached hydrogen (secondary N) is 2. The SMILES string of the molecule is CCNC(=NCC(C)c1cccs1)NCCc1c(OC)cc(OC)cc1OC. The van der Waals surface area contributed by atoms with Gasteiger partial charge in [0.1, 0.15) is 17.2 Å². The zero-order chi connectivity index (χ0) is 20.4. The Kier molecular flexibility index (Phi) is 8.94. The zero-order valence-corrected chi connectivity index (χ0v) is 18.2. The average molecular weight is 406 g/mol. The van der Waals surface area contributed by atoms with E-state index in [4.69, 9.17) is 19.2 Å². The predicted octanol–water partition coefficient (Wildman–Crippen LogP) is 3.68. The minimum atomic E-state index is 0.400. The summed E-state index contributed by atoms with van der Waals surface area (Å²) in [5.74, 6) is 3.44. The van der Waals surface area contributed by atoms with E-state index in [-0.39, 0.29) is 0 Å². The lowest BCUT2D eigenvalue weighted by atomic mass is 10.1. The van der Waals surface area contributed by atoms with Crippen LogP contribution in [0.25, 0.3) is 0 Å². The first-order valence-corrected chi connectivity index (χ1v) is 10.3. The standard InChI is InChI=1S/C21H31N3O3S/c1-6-22-21(24-14-15(2)20-8-7-11-28-20)23-10-9-17-18(26-4)12-16(25-3)13-19(17)27-5/h7-8,11-13,15H,6,9-10,14H2,1-5H3,(H2,22,23,24). The van der Waals surface area contributed by atoms with Crippen LogP contribution in [0.3, 0.4) is 0 Å². The Morgan fingerprint density at radius 2 is 1.82 bits per heavy atom. The van der Waals surface area contributed by atoms with Crippen LogP contribution >= 0.6 is 11.3 Å². The lowest BCUT2D eigenvalue weighted by molar-refractivity contribution is 0.368. The normalized spacial score (nSPS) is 12.4. The molecule has 2 aromatic rings. The Labute approximate surface area is 171 Å². The molecule has 2 N–H and O–H groups in total. The van der Waals surface area contributed by atoms with Crippen molar-refractivity contribution < 1.29 is 14.2 Å². The second kappa shape index (κ2) is 11.4. The van der Waals surface area contributed by atoms with Gasteiger partial charge in [-0.15, -0.1) is 11.3 Å². The molecule has 0 aliphatic heterocycles. The molecule has 1 heterocycles. The summed E-state index contributed by atoms with van der Waals surface area (Å²) in [5, 5.41) is 8.81. The number of methoxy groups -OCH3 is 3. The van der Waals surface area contributed by atoms with E-state index in [0.717, 1.165) is 42.5 Å². The van der Waals surface area contributed by atoms with Gasteiger partial charge in [0.15, 0.2) is 5.96 Å². The first-order chi connectivity index (χ1) is 13.6. The molecule has 7 heteroatoms. The highest BCUT2D eigenvalue weighted by Crippen LogP contribution is 2.34. The van der Waals surface area contributed by atoms with E-state index in [9.17, 15) is 0 Å². The average Bonchev–Trinajstić information content (AvgIpc) is 3.26. The van der Waals surface area contributed by atoms with Crippen LogP contribution in [0.5, 0.6) is 17.2 Å². The maximum Gasteiger partial charge on any atom is 0.191 e. The van der Waals surface area contributed by atoms with Crippen molar-refractivity contribution in [2.75, 3.05) is 41.0 Å². The van der Waals surface area contributed by atoms with Gasteiger partial charge in [0.25, 0.3) is 0 Å². The fraction of sp³-hybridized carbons (Fsp3) is 0.476. The van der Waals surface area contributed by atoms with Crippen molar-refractivity contribution in [3.8, 4) is 17.2 Å². The van der Waals surface area contributed by atoms with E-state index in [0.29, 0.717) is 18.2 Å². The van der Waals surface area contributed by atoms with Crippen molar-refractivity contribution in [3.05, 3.63) is 40.1 Å². The Morgan fingerprint density at radius 1 is 1.11 bits per heavy atom. The summed E-state index contributed by atoms with van der Waals surface area (Å²) in [5.41, 5.74) is 1.00. The number of rotatable bonds is 10. The Hall–Kier alpha value is -2.41. The summed E-state index contributed by atoms with van der Waals surface area (Å²) in [6, 6.07) is 7.99. The highest BCUT2D eigenvalue weighted by atomic mass is 32.1. The highest BCUT2D eigenvalue weighted by Gasteiger charge is 2.13. The molecule has 2 rings (SSSR count). The van der Waals surface area contributed by atoms with E-state index >= 15 is 0 Å². The van der Waals surface area contributed by atoms with Crippen LogP contribution < -0.4 is 24.8 Å². The van der Waals surface area contributed by atoms with Gasteiger partial charge in [0, 0.05) is 41.6 Å². The van der Waals surface area contributed by atoms with Gasteiger partial charge < -0.3 is 24.8 Å². The van der Waals surface area contributed by atoms with Gasteiger partial charge in [-0.1, -0.05) is 13.0 Å². The second-order valence-corrected chi connectivity index (χ2v) is 7.30. The molecule has 0 aliphatic rings. The number of ether oxygens (including phenoxy) is 3. The van der Waals surface area contributed by atoms with E-state index in [1.165, 1.54) is 4.88 Å². The second-order valence-electron chi connectivity index (χ2n) is 6.32. The fourth-order valence-electron chi connectivity index (χ4n) is 2.86. The summed E-state index contributed by atoms with van der Waals surface area (Å²) in [6.45, 7) is 6.53. The van der Waals surface area contributed by atoms with Crippen LogP contribution in [-0.2, 0) is 6.42 Å². The van der Waals surface area contributed by atoms with Crippen LogP contribution in [-0.4, -0.2) is 46.9 Å². The maximum absolute atomic E-state index is 5.52. The van der Waals surface area contributed by atoms with Gasteiger partial charge in [0.05, 0.1) is 27.9 Å². The monoisotopic (exact) mass is 405 g/mol. The maximum atomic E-state index is 5.52. The molecule has 1 atom stereocenters. The fourth-order valence-corrected chi connectivity index (χ4v) is 3.64. The van der Waals surface area contributed by atoms with Gasteiger partial charge in [-0.3, -0.25) is 4.99 Å². The number of hydrogen-bond acceptors (Lipinski definition) is 5. The van der Waals surface area contributed by atoms with Gasteiger partial charge >= 0.3 is 0 Å². The van der Waals surface area contributed by atoms with Crippen molar-refractivity contribution in [1.29, 1.82) is 0 Å². The highest BCUT2D eigenvalue weighted by molar-refractivity contribution is 7.10. The molecule has 0 spiro atoms. The molecule has 0 fully saturated rings. The Morgan fingerprint density at radius 3 is 2.36 bits per heavy atom. The van der Waals surface area contributed by atoms with Gasteiger partial charge in [-0.25, -0.2) is 0 Å². The van der Waals surface area contributed by atoms with Crippen LogP contribution in [0, 0.1) is 0 Å². The Balaban J connectivity index is 2.01. The summed E-state index contributed by atoms with van der Waals surface area (Å²) in [4.78, 5) is 6.09. The first-order valence-electron chi connectivity index (χ1n) is 9.47. The molecule has 154 valence electrons. The molecule has 0 saturated carbocycles. The van der Waals surface area contributed by atoms with Crippen LogP contribution in [0.1, 0.15) is 30.2 Å². The molecule has 1 aromatic carbocycles. The minimum absolute atomic E-state index is 0.400. The lowest BCUT2D eigenvalue weighted by Crippen LogP contribution is -2.38. The van der Waals surface area contributed by atoms with Crippen LogP contribution in [0.2, 0.25) is 0 Å². The summed E-state index contributed by atoms with van der Waals surface area (Å²) < 4.78 is 16.4. The van der Waals surface area contributed by atoms with Crippen molar-refractivity contribution in [3.63, 3.8) is 0 Å². The molecular weight excluding hydrogens is 374 g/mol. The van der Waals surface area contributed by atoms with E-state index in [2.05, 4.69) is 42.0 Å². The molecule has 28 heavy (non-hydrogen) atoms. The predicted molar refractivity (Wildman–Crippen MR) is 117 cm³/mol. The number of guanidine groups is 1. The third-order valence-electron chi connectivity index (χ3n) is 4.38. The first kappa shape index (κ1) is 21.9. The van der Waals surface area contributed by atoms with Crippen molar-refractivity contribution in [2.45, 2.75) is 26.2 Å². The van der Waals surface area contributed by atoms with Gasteiger partial charge in [0.2, 0.25) is 0 Å². The molecule has 0 bridgehead atoms. The summed E-state index contributed by atoms with van der Waals surface area (Å²) >= 11 is 1.77. The zero-order valence-electron chi connectivity index (χ0n) is 17.4. The Bertz CT molecular complexity index is 722. The van der Waals surface area contributed by atoms with Crippen molar-refractivity contribution in [1.82, 2.24) is 10.6 Å². The molecule has 0 radical (unpaired) electrons. The molecule has 0 amide bonds. The van der Waals surface area contributed by atoms with Gasteiger partial charge in [-0.05, 0) is 24.8 Å². The van der Waals surface area contributed by atoms with Crippen LogP contribution in [0.4, 0.5) is 0 Å². The van der Waals surface area contributed by atoms with Crippen LogP contribution in [0.15, 0.2) is 34.6 Å². The van der Waals surface area contributed by atoms with Gasteiger partial charge in [-0.2, -0.15) is 0 Å². The third kappa shape index (κ3) is 6.05. The molecule has 1 aromatic heterocycles. The molecular formula is C21H31N3O3S. The quantitative estimate of drug-likeness (QED) is 0.466. The minimum Gasteiger partial charge on any atom is -0.496 e. The van der Waals surface area contributed by atoms with Crippen molar-refractivity contribution >= 4 is 17.3 Å². The topological polar surface area (TPSA) is 64.1 Å². The van der Waals surface area contributed by atoms with E-state index in [1.54, 1.807) is 32.7 Å².